The van der Waals surface area contributed by atoms with Crippen LogP contribution in [0.3, 0.4) is 0 Å². The van der Waals surface area contributed by atoms with Crippen LogP contribution in [0.5, 0.6) is 0 Å². The van der Waals surface area contributed by atoms with Gasteiger partial charge in [0.2, 0.25) is 10.0 Å². The number of nitrogens with two attached hydrogens (primary N) is 1. The molecule has 0 saturated heterocycles. The molecule has 1 fully saturated rings. The number of hydrogen-bond donors (Lipinski definition) is 3. The highest BCUT2D eigenvalue weighted by Gasteiger charge is 2.28. The number of hydrogen-bond acceptors (Lipinski definition) is 4. The van der Waals surface area contributed by atoms with Crippen LogP contribution in [0.15, 0.2) is 0 Å². The lowest BCUT2D eigenvalue weighted by Gasteiger charge is -2.27. The molecule has 0 aromatic rings. The lowest BCUT2D eigenvalue weighted by molar-refractivity contribution is 0.120. The Morgan fingerprint density at radius 2 is 1.94 bits per heavy atom. The highest BCUT2D eigenvalue weighted by atomic mass is 32.2. The van der Waals surface area contributed by atoms with Crippen molar-refractivity contribution in [1.82, 2.24) is 4.72 Å². The molecular weight excluding hydrogens is 248 g/mol. The van der Waals surface area contributed by atoms with Gasteiger partial charge in [0, 0.05) is 6.04 Å². The molecule has 0 spiro atoms. The van der Waals surface area contributed by atoms with Gasteiger partial charge in [-0.3, -0.25) is 0 Å². The van der Waals surface area contributed by atoms with Gasteiger partial charge in [-0.15, -0.1) is 0 Å². The zero-order valence-electron chi connectivity index (χ0n) is 9.22. The maximum Gasteiger partial charge on any atom is 0.220 e. The number of aliphatic hydroxyl groups is 1. The van der Waals surface area contributed by atoms with Gasteiger partial charge in [-0.2, -0.15) is 0 Å². The van der Waals surface area contributed by atoms with Crippen LogP contribution in [0.2, 0.25) is 0 Å². The van der Waals surface area contributed by atoms with Gasteiger partial charge in [0.25, 0.3) is 0 Å². The van der Waals surface area contributed by atoms with Crippen molar-refractivity contribution in [2.24, 2.45) is 5.73 Å². The Kier molecular flexibility index (Phi) is 4.66. The van der Waals surface area contributed by atoms with E-state index in [1.807, 2.05) is 0 Å². The van der Waals surface area contributed by atoms with Crippen molar-refractivity contribution >= 4 is 27.2 Å². The zero-order chi connectivity index (χ0) is 12.3. The van der Waals surface area contributed by atoms with Crippen LogP contribution < -0.4 is 10.5 Å². The number of nitrogens with one attached hydrogen (secondary N) is 1. The molecule has 1 rings (SSSR count). The molecule has 0 aromatic carbocycles. The molecule has 1 aliphatic carbocycles. The van der Waals surface area contributed by atoms with Gasteiger partial charge in [-0.1, -0.05) is 12.2 Å². The lowest BCUT2D eigenvalue weighted by Crippen LogP contribution is -2.46. The van der Waals surface area contributed by atoms with Crippen molar-refractivity contribution in [1.29, 1.82) is 0 Å². The molecule has 0 heterocycles. The predicted octanol–water partition coefficient (Wildman–Crippen LogP) is -0.116. The molecule has 0 aliphatic heterocycles. The fourth-order valence-corrected chi connectivity index (χ4v) is 3.27. The molecule has 94 valence electrons. The largest absolute Gasteiger partial charge is 0.393 e. The van der Waals surface area contributed by atoms with Crippen LogP contribution in [-0.4, -0.2) is 35.9 Å². The van der Waals surface area contributed by atoms with Gasteiger partial charge in [0.15, 0.2) is 0 Å². The molecule has 7 heteroatoms. The van der Waals surface area contributed by atoms with Crippen molar-refractivity contribution < 1.29 is 13.5 Å². The van der Waals surface area contributed by atoms with Crippen LogP contribution in [0.4, 0.5) is 0 Å². The first-order chi connectivity index (χ1) is 7.33. The molecule has 1 atom stereocenters. The van der Waals surface area contributed by atoms with E-state index in [9.17, 15) is 13.5 Å². The first kappa shape index (κ1) is 13.8. The fourth-order valence-electron chi connectivity index (χ4n) is 1.68. The van der Waals surface area contributed by atoms with Crippen LogP contribution in [0.1, 0.15) is 32.6 Å². The van der Waals surface area contributed by atoms with Crippen molar-refractivity contribution in [2.45, 2.75) is 50.0 Å². The Hall–Kier alpha value is -0.240. The van der Waals surface area contributed by atoms with E-state index in [4.69, 9.17) is 5.73 Å². The van der Waals surface area contributed by atoms with Crippen LogP contribution in [-0.2, 0) is 10.0 Å². The first-order valence-corrected chi connectivity index (χ1v) is 7.27. The van der Waals surface area contributed by atoms with Crippen LogP contribution in [0, 0.1) is 0 Å². The van der Waals surface area contributed by atoms with E-state index in [0.29, 0.717) is 25.7 Å². The minimum atomic E-state index is -3.47. The second-order valence-corrected chi connectivity index (χ2v) is 6.72. The van der Waals surface area contributed by atoms with Gasteiger partial charge >= 0.3 is 0 Å². The molecule has 1 unspecified atom stereocenters. The van der Waals surface area contributed by atoms with E-state index in [0.717, 1.165) is 0 Å². The monoisotopic (exact) mass is 266 g/mol. The van der Waals surface area contributed by atoms with E-state index >= 15 is 0 Å². The quantitative estimate of drug-likeness (QED) is 0.617. The SMILES string of the molecule is CC(C(N)=S)S(=O)(=O)NC1CCC(O)CC1. The third-order valence-corrected chi connectivity index (χ3v) is 5.24. The number of sulfonamides is 1. The minimum absolute atomic E-state index is 0.0247. The average Bonchev–Trinajstić information content (AvgIpc) is 2.20. The summed E-state index contributed by atoms with van der Waals surface area (Å²) < 4.78 is 26.2. The van der Waals surface area contributed by atoms with E-state index in [1.54, 1.807) is 0 Å². The van der Waals surface area contributed by atoms with Gasteiger partial charge < -0.3 is 10.8 Å². The Bertz CT molecular complexity index is 348. The molecule has 5 nitrogen and oxygen atoms in total. The molecule has 1 aliphatic rings. The van der Waals surface area contributed by atoms with Crippen molar-refractivity contribution in [3.63, 3.8) is 0 Å². The summed E-state index contributed by atoms with van der Waals surface area (Å²) in [6.45, 7) is 1.47. The molecule has 1 saturated carbocycles. The summed E-state index contributed by atoms with van der Waals surface area (Å²) in [6.07, 6.45) is 2.28. The lowest BCUT2D eigenvalue weighted by atomic mass is 9.94. The maximum absolute atomic E-state index is 11.8. The summed E-state index contributed by atoms with van der Waals surface area (Å²) in [5, 5.41) is 8.45. The second kappa shape index (κ2) is 5.39. The Morgan fingerprint density at radius 3 is 2.38 bits per heavy atom. The molecule has 16 heavy (non-hydrogen) atoms. The number of aliphatic hydroxyl groups excluding tert-OH is 1. The van der Waals surface area contributed by atoms with Gasteiger partial charge in [-0.05, 0) is 32.6 Å². The predicted molar refractivity (Wildman–Crippen MR) is 66.6 cm³/mol. The third kappa shape index (κ3) is 3.65. The number of rotatable bonds is 4. The molecule has 0 amide bonds. The normalized spacial score (nSPS) is 28.6. The average molecular weight is 266 g/mol. The van der Waals surface area contributed by atoms with Gasteiger partial charge in [-0.25, -0.2) is 13.1 Å². The summed E-state index contributed by atoms with van der Waals surface area (Å²) in [5.74, 6) is 0. The van der Waals surface area contributed by atoms with Crippen molar-refractivity contribution in [3.8, 4) is 0 Å². The second-order valence-electron chi connectivity index (χ2n) is 4.21. The van der Waals surface area contributed by atoms with Crippen molar-refractivity contribution in [3.05, 3.63) is 0 Å². The van der Waals surface area contributed by atoms with Crippen LogP contribution >= 0.6 is 12.2 Å². The first-order valence-electron chi connectivity index (χ1n) is 5.31. The van der Waals surface area contributed by atoms with E-state index in [2.05, 4.69) is 16.9 Å². The van der Waals surface area contributed by atoms with E-state index < -0.39 is 15.3 Å². The minimum Gasteiger partial charge on any atom is -0.393 e. The summed E-state index contributed by atoms with van der Waals surface area (Å²) in [4.78, 5) is -0.0247. The highest BCUT2D eigenvalue weighted by molar-refractivity contribution is 7.93. The fraction of sp³-hybridized carbons (Fsp3) is 0.889. The topological polar surface area (TPSA) is 92.4 Å². The maximum atomic E-state index is 11.8. The Balaban J connectivity index is 2.56. The third-order valence-electron chi connectivity index (χ3n) is 2.89. The summed E-state index contributed by atoms with van der Waals surface area (Å²) in [6, 6.07) is -0.106. The Morgan fingerprint density at radius 1 is 1.44 bits per heavy atom. The van der Waals surface area contributed by atoms with Crippen LogP contribution in [0.25, 0.3) is 0 Å². The summed E-state index contributed by atoms with van der Waals surface area (Å²) in [5.41, 5.74) is 5.32. The smallest absolute Gasteiger partial charge is 0.220 e. The molecule has 4 N–H and O–H groups in total. The summed E-state index contributed by atoms with van der Waals surface area (Å²) >= 11 is 4.67. The molecule has 0 aromatic heterocycles. The molecule has 0 radical (unpaired) electrons. The Labute approximate surface area is 101 Å². The van der Waals surface area contributed by atoms with E-state index in [1.165, 1.54) is 6.92 Å². The standard InChI is InChI=1S/C9H18N2O3S2/c1-6(9(10)15)16(13,14)11-7-2-4-8(12)5-3-7/h6-8,11-12H,2-5H2,1H3,(H2,10,15). The van der Waals surface area contributed by atoms with Crippen molar-refractivity contribution in [2.75, 3.05) is 0 Å². The zero-order valence-corrected chi connectivity index (χ0v) is 10.9. The number of thiocarbonyl (C=S) groups is 1. The van der Waals surface area contributed by atoms with Gasteiger partial charge in [0.1, 0.15) is 5.25 Å². The summed E-state index contributed by atoms with van der Waals surface area (Å²) in [7, 11) is -3.47. The molecule has 0 bridgehead atoms. The van der Waals surface area contributed by atoms with E-state index in [-0.39, 0.29) is 17.1 Å². The highest BCUT2D eigenvalue weighted by Crippen LogP contribution is 2.19. The van der Waals surface area contributed by atoms with Gasteiger partial charge in [0.05, 0.1) is 11.1 Å². The molecular formula is C9H18N2O3S2.